The summed E-state index contributed by atoms with van der Waals surface area (Å²) in [5, 5.41) is 0. The lowest BCUT2D eigenvalue weighted by molar-refractivity contribution is -0.0242. The fourth-order valence-electron chi connectivity index (χ4n) is 3.09. The molecule has 15 heavy (non-hydrogen) atoms. The molecule has 2 N–H and O–H groups in total. The van der Waals surface area contributed by atoms with Crippen LogP contribution in [-0.4, -0.2) is 30.1 Å². The van der Waals surface area contributed by atoms with Crippen molar-refractivity contribution in [3.8, 4) is 0 Å². The SMILES string of the molecule is CCCC1(CCC)CN(CC(C)(C)N)C1. The summed E-state index contributed by atoms with van der Waals surface area (Å²) >= 11 is 0. The quantitative estimate of drug-likeness (QED) is 0.733. The van der Waals surface area contributed by atoms with E-state index < -0.39 is 0 Å². The lowest BCUT2D eigenvalue weighted by atomic mass is 9.72. The van der Waals surface area contributed by atoms with E-state index in [0.717, 1.165) is 6.54 Å². The van der Waals surface area contributed by atoms with Gasteiger partial charge in [0.15, 0.2) is 0 Å². The van der Waals surface area contributed by atoms with E-state index in [2.05, 4.69) is 32.6 Å². The summed E-state index contributed by atoms with van der Waals surface area (Å²) in [5.74, 6) is 0. The van der Waals surface area contributed by atoms with Crippen molar-refractivity contribution in [2.24, 2.45) is 11.1 Å². The summed E-state index contributed by atoms with van der Waals surface area (Å²) in [6, 6.07) is 0. The van der Waals surface area contributed by atoms with Crippen LogP contribution in [0.3, 0.4) is 0 Å². The molecule has 2 heteroatoms. The molecule has 1 aliphatic rings. The van der Waals surface area contributed by atoms with Gasteiger partial charge in [-0.1, -0.05) is 26.7 Å². The van der Waals surface area contributed by atoms with Crippen LogP contribution in [0.1, 0.15) is 53.4 Å². The summed E-state index contributed by atoms with van der Waals surface area (Å²) in [4.78, 5) is 2.52. The molecule has 1 fully saturated rings. The molecular formula is C13H28N2. The Kier molecular flexibility index (Phi) is 4.19. The molecule has 0 bridgehead atoms. The normalized spacial score (nSPS) is 21.4. The Labute approximate surface area is 95.2 Å². The highest BCUT2D eigenvalue weighted by atomic mass is 15.2. The molecular weight excluding hydrogens is 184 g/mol. The highest BCUT2D eigenvalue weighted by molar-refractivity contribution is 4.96. The van der Waals surface area contributed by atoms with Gasteiger partial charge in [-0.15, -0.1) is 0 Å². The zero-order chi connectivity index (χ0) is 11.5. The fourth-order valence-corrected chi connectivity index (χ4v) is 3.09. The Bertz CT molecular complexity index is 179. The van der Waals surface area contributed by atoms with Crippen LogP contribution in [0.4, 0.5) is 0 Å². The van der Waals surface area contributed by atoms with Gasteiger partial charge in [-0.2, -0.15) is 0 Å². The predicted octanol–water partition coefficient (Wildman–Crippen LogP) is 2.63. The Morgan fingerprint density at radius 3 is 1.93 bits per heavy atom. The first kappa shape index (κ1) is 13.0. The van der Waals surface area contributed by atoms with Crippen LogP contribution in [0, 0.1) is 5.41 Å². The van der Waals surface area contributed by atoms with E-state index in [-0.39, 0.29) is 5.54 Å². The Balaban J connectivity index is 2.36. The van der Waals surface area contributed by atoms with Crippen LogP contribution in [0.25, 0.3) is 0 Å². The lowest BCUT2D eigenvalue weighted by Gasteiger charge is -2.52. The van der Waals surface area contributed by atoms with Gasteiger partial charge in [-0.05, 0) is 32.1 Å². The number of rotatable bonds is 6. The molecule has 0 radical (unpaired) electrons. The van der Waals surface area contributed by atoms with E-state index in [1.807, 2.05) is 0 Å². The maximum atomic E-state index is 6.04. The Morgan fingerprint density at radius 2 is 1.60 bits per heavy atom. The van der Waals surface area contributed by atoms with Gasteiger partial charge < -0.3 is 10.6 Å². The molecule has 0 saturated carbocycles. The zero-order valence-corrected chi connectivity index (χ0v) is 11.0. The maximum absolute atomic E-state index is 6.04. The molecule has 90 valence electrons. The summed E-state index contributed by atoms with van der Waals surface area (Å²) < 4.78 is 0. The minimum Gasteiger partial charge on any atom is -0.324 e. The minimum atomic E-state index is -0.0371. The van der Waals surface area contributed by atoms with Crippen LogP contribution >= 0.6 is 0 Å². The van der Waals surface area contributed by atoms with Crippen LogP contribution in [-0.2, 0) is 0 Å². The standard InChI is InChI=1S/C13H28N2/c1-5-7-13(8-6-2)10-15(11-13)9-12(3,4)14/h5-11,14H2,1-4H3. The molecule has 0 aromatic rings. The number of nitrogens with two attached hydrogens (primary N) is 1. The van der Waals surface area contributed by atoms with E-state index in [1.165, 1.54) is 38.8 Å². The van der Waals surface area contributed by atoms with E-state index in [4.69, 9.17) is 5.73 Å². The van der Waals surface area contributed by atoms with E-state index in [0.29, 0.717) is 5.41 Å². The summed E-state index contributed by atoms with van der Waals surface area (Å²) in [5.41, 5.74) is 6.64. The molecule has 0 aromatic heterocycles. The average molecular weight is 212 g/mol. The molecule has 0 amide bonds. The smallest absolute Gasteiger partial charge is 0.0226 e. The van der Waals surface area contributed by atoms with Crippen LogP contribution in [0.15, 0.2) is 0 Å². The van der Waals surface area contributed by atoms with Crippen LogP contribution < -0.4 is 5.73 Å². The third-order valence-electron chi connectivity index (χ3n) is 3.31. The first-order valence-corrected chi connectivity index (χ1v) is 6.42. The molecule has 2 nitrogen and oxygen atoms in total. The summed E-state index contributed by atoms with van der Waals surface area (Å²) in [6.45, 7) is 12.4. The third-order valence-corrected chi connectivity index (χ3v) is 3.31. The zero-order valence-electron chi connectivity index (χ0n) is 11.0. The largest absolute Gasteiger partial charge is 0.324 e. The molecule has 1 heterocycles. The highest BCUT2D eigenvalue weighted by Gasteiger charge is 2.41. The molecule has 0 unspecified atom stereocenters. The molecule has 0 spiro atoms. The lowest BCUT2D eigenvalue weighted by Crippen LogP contribution is -2.60. The summed E-state index contributed by atoms with van der Waals surface area (Å²) in [6.07, 6.45) is 5.42. The van der Waals surface area contributed by atoms with Gasteiger partial charge in [0.05, 0.1) is 0 Å². The van der Waals surface area contributed by atoms with E-state index in [9.17, 15) is 0 Å². The second-order valence-corrected chi connectivity index (χ2v) is 6.13. The molecule has 1 rings (SSSR count). The first-order chi connectivity index (χ1) is 6.91. The van der Waals surface area contributed by atoms with Crippen LogP contribution in [0.5, 0.6) is 0 Å². The van der Waals surface area contributed by atoms with Gasteiger partial charge in [0.1, 0.15) is 0 Å². The number of hydrogen-bond acceptors (Lipinski definition) is 2. The van der Waals surface area contributed by atoms with Crippen molar-refractivity contribution in [1.29, 1.82) is 0 Å². The number of nitrogens with zero attached hydrogens (tertiary/aromatic N) is 1. The van der Waals surface area contributed by atoms with E-state index >= 15 is 0 Å². The predicted molar refractivity (Wildman–Crippen MR) is 67.0 cm³/mol. The monoisotopic (exact) mass is 212 g/mol. The second kappa shape index (κ2) is 4.84. The van der Waals surface area contributed by atoms with Gasteiger partial charge in [0, 0.05) is 25.2 Å². The molecule has 0 aromatic carbocycles. The molecule has 1 saturated heterocycles. The first-order valence-electron chi connectivity index (χ1n) is 6.42. The van der Waals surface area contributed by atoms with Gasteiger partial charge in [-0.25, -0.2) is 0 Å². The van der Waals surface area contributed by atoms with Gasteiger partial charge in [0.25, 0.3) is 0 Å². The Hall–Kier alpha value is -0.0800. The average Bonchev–Trinajstić information content (AvgIpc) is 1.99. The highest BCUT2D eigenvalue weighted by Crippen LogP contribution is 2.39. The van der Waals surface area contributed by atoms with Crippen molar-refractivity contribution in [1.82, 2.24) is 4.90 Å². The van der Waals surface area contributed by atoms with Crippen molar-refractivity contribution in [2.75, 3.05) is 19.6 Å². The van der Waals surface area contributed by atoms with Gasteiger partial charge in [0.2, 0.25) is 0 Å². The molecule has 1 aliphatic heterocycles. The van der Waals surface area contributed by atoms with Crippen molar-refractivity contribution in [3.63, 3.8) is 0 Å². The van der Waals surface area contributed by atoms with E-state index in [1.54, 1.807) is 0 Å². The molecule has 0 aliphatic carbocycles. The minimum absolute atomic E-state index is 0.0371. The number of hydrogen-bond donors (Lipinski definition) is 1. The van der Waals surface area contributed by atoms with Crippen molar-refractivity contribution >= 4 is 0 Å². The second-order valence-electron chi connectivity index (χ2n) is 6.13. The maximum Gasteiger partial charge on any atom is 0.0226 e. The Morgan fingerprint density at radius 1 is 1.13 bits per heavy atom. The fraction of sp³-hybridized carbons (Fsp3) is 1.00. The molecule has 0 atom stereocenters. The van der Waals surface area contributed by atoms with Gasteiger partial charge >= 0.3 is 0 Å². The van der Waals surface area contributed by atoms with Gasteiger partial charge in [-0.3, -0.25) is 0 Å². The van der Waals surface area contributed by atoms with Crippen molar-refractivity contribution in [3.05, 3.63) is 0 Å². The van der Waals surface area contributed by atoms with Crippen molar-refractivity contribution in [2.45, 2.75) is 58.9 Å². The van der Waals surface area contributed by atoms with Crippen molar-refractivity contribution < 1.29 is 0 Å². The third kappa shape index (κ3) is 3.76. The number of likely N-dealkylation sites (tertiary alicyclic amines) is 1. The summed E-state index contributed by atoms with van der Waals surface area (Å²) in [7, 11) is 0. The van der Waals surface area contributed by atoms with Crippen LogP contribution in [0.2, 0.25) is 0 Å². The topological polar surface area (TPSA) is 29.3 Å².